The predicted molar refractivity (Wildman–Crippen MR) is 152 cm³/mol. The lowest BCUT2D eigenvalue weighted by Crippen LogP contribution is -2.55. The molecule has 4 N–H and O–H groups in total. The topological polar surface area (TPSA) is 144 Å². The number of urea groups is 1. The zero-order valence-electron chi connectivity index (χ0n) is 24.0. The van der Waals surface area contributed by atoms with Crippen LogP contribution in [0.3, 0.4) is 0 Å². The van der Waals surface area contributed by atoms with Gasteiger partial charge in [-0.3, -0.25) is 9.69 Å². The SMILES string of the molecule is Cc1oc([C@@H](Cc2cn(C)c3ccccc23)N(C(=O)NC2CCCC(C)C2)C(=O)[C@@H](N)CC(C)C)nc1C(=O)O. The second-order valence-corrected chi connectivity index (χ2v) is 11.6. The lowest BCUT2D eigenvalue weighted by atomic mass is 9.87. The number of para-hydroxylation sites is 1. The maximum Gasteiger partial charge on any atom is 0.358 e. The molecule has 1 aliphatic rings. The lowest BCUT2D eigenvalue weighted by molar-refractivity contribution is -0.132. The summed E-state index contributed by atoms with van der Waals surface area (Å²) >= 11 is 0. The van der Waals surface area contributed by atoms with Gasteiger partial charge in [-0.2, -0.15) is 0 Å². The zero-order valence-corrected chi connectivity index (χ0v) is 24.0. The van der Waals surface area contributed by atoms with Gasteiger partial charge in [0.2, 0.25) is 11.8 Å². The van der Waals surface area contributed by atoms with Gasteiger partial charge in [0, 0.05) is 36.6 Å². The maximum absolute atomic E-state index is 14.0. The van der Waals surface area contributed by atoms with E-state index in [4.69, 9.17) is 10.2 Å². The molecular formula is C30H41N5O5. The van der Waals surface area contributed by atoms with Gasteiger partial charge in [-0.25, -0.2) is 14.6 Å². The summed E-state index contributed by atoms with van der Waals surface area (Å²) in [6.07, 6.45) is 6.25. The van der Waals surface area contributed by atoms with Gasteiger partial charge >= 0.3 is 12.0 Å². The van der Waals surface area contributed by atoms with Crippen molar-refractivity contribution < 1.29 is 23.9 Å². The Labute approximate surface area is 234 Å². The van der Waals surface area contributed by atoms with Crippen molar-refractivity contribution in [3.63, 3.8) is 0 Å². The van der Waals surface area contributed by atoms with E-state index in [2.05, 4.69) is 17.2 Å². The van der Waals surface area contributed by atoms with Crippen LogP contribution in [0.2, 0.25) is 0 Å². The summed E-state index contributed by atoms with van der Waals surface area (Å²) in [6, 6.07) is 5.25. The molecule has 10 heteroatoms. The normalized spacial score (nSPS) is 19.0. The number of carboxylic acid groups (broad SMARTS) is 1. The van der Waals surface area contributed by atoms with Crippen LogP contribution >= 0.6 is 0 Å². The summed E-state index contributed by atoms with van der Waals surface area (Å²) in [5, 5.41) is 13.7. The molecule has 2 aromatic heterocycles. The van der Waals surface area contributed by atoms with E-state index in [1.54, 1.807) is 0 Å². The van der Waals surface area contributed by atoms with E-state index in [0.29, 0.717) is 12.3 Å². The smallest absolute Gasteiger partial charge is 0.358 e. The molecule has 0 aliphatic heterocycles. The molecule has 40 heavy (non-hydrogen) atoms. The predicted octanol–water partition coefficient (Wildman–Crippen LogP) is 4.95. The highest BCUT2D eigenvalue weighted by molar-refractivity contribution is 5.98. The third-order valence-corrected chi connectivity index (χ3v) is 7.77. The molecule has 3 amide bonds. The number of hydrogen-bond donors (Lipinski definition) is 3. The van der Waals surface area contributed by atoms with Crippen molar-refractivity contribution in [2.45, 2.75) is 84.3 Å². The summed E-state index contributed by atoms with van der Waals surface area (Å²) in [6.45, 7) is 7.59. The molecule has 1 saturated carbocycles. The van der Waals surface area contributed by atoms with E-state index in [9.17, 15) is 19.5 Å². The third kappa shape index (κ3) is 6.38. The Morgan fingerprint density at radius 1 is 1.25 bits per heavy atom. The molecule has 0 bridgehead atoms. The van der Waals surface area contributed by atoms with E-state index in [1.165, 1.54) is 6.92 Å². The summed E-state index contributed by atoms with van der Waals surface area (Å²) in [5.41, 5.74) is 7.98. The largest absolute Gasteiger partial charge is 0.476 e. The number of carbonyl (C=O) groups is 3. The van der Waals surface area contributed by atoms with Crippen LogP contribution in [-0.4, -0.2) is 49.5 Å². The Kier molecular flexibility index (Phi) is 8.98. The number of fused-ring (bicyclic) bond motifs is 1. The average molecular weight is 552 g/mol. The van der Waals surface area contributed by atoms with Gasteiger partial charge in [-0.05, 0) is 49.7 Å². The van der Waals surface area contributed by atoms with Crippen LogP contribution in [0.15, 0.2) is 34.9 Å². The molecule has 0 saturated heterocycles. The van der Waals surface area contributed by atoms with Crippen molar-refractivity contribution in [2.24, 2.45) is 24.6 Å². The van der Waals surface area contributed by atoms with E-state index < -0.39 is 30.0 Å². The molecule has 10 nitrogen and oxygen atoms in total. The lowest BCUT2D eigenvalue weighted by Gasteiger charge is -2.34. The monoisotopic (exact) mass is 551 g/mol. The highest BCUT2D eigenvalue weighted by atomic mass is 16.4. The first-order valence-corrected chi connectivity index (χ1v) is 14.1. The number of aromatic nitrogens is 2. The quantitative estimate of drug-likeness (QED) is 0.341. The standard InChI is InChI=1S/C30H41N5O5/c1-17(2)13-23(31)28(36)35(30(39)32-21-10-8-9-18(3)14-21)25(27-33-26(29(37)38)19(4)40-27)15-20-16-34(5)24-12-7-6-11-22(20)24/h6-7,11-12,16-18,21,23,25H,8-10,13-15,31H2,1-5H3,(H,32,39)(H,37,38)/t18?,21?,23-,25+/m0/s1. The molecule has 0 radical (unpaired) electrons. The average Bonchev–Trinajstić information content (AvgIpc) is 3.43. The van der Waals surface area contributed by atoms with Gasteiger partial charge in [0.15, 0.2) is 5.69 Å². The molecule has 3 aromatic rings. The number of nitrogens with zero attached hydrogens (tertiary/aromatic N) is 3. The Balaban J connectivity index is 1.81. The maximum atomic E-state index is 14.0. The van der Waals surface area contributed by atoms with Gasteiger partial charge in [0.05, 0.1) is 6.04 Å². The summed E-state index contributed by atoms with van der Waals surface area (Å²) in [7, 11) is 1.93. The number of benzene rings is 1. The number of aryl methyl sites for hydroxylation is 2. The highest BCUT2D eigenvalue weighted by Crippen LogP contribution is 2.32. The van der Waals surface area contributed by atoms with Crippen LogP contribution in [0.1, 0.15) is 86.6 Å². The van der Waals surface area contributed by atoms with E-state index >= 15 is 0 Å². The fourth-order valence-corrected chi connectivity index (χ4v) is 5.84. The number of amides is 3. The fraction of sp³-hybridized carbons (Fsp3) is 0.533. The van der Waals surface area contributed by atoms with Gasteiger partial charge in [-0.15, -0.1) is 0 Å². The zero-order chi connectivity index (χ0) is 29.1. The highest BCUT2D eigenvalue weighted by Gasteiger charge is 2.39. The van der Waals surface area contributed by atoms with Gasteiger partial charge in [0.25, 0.3) is 0 Å². The minimum Gasteiger partial charge on any atom is -0.476 e. The first kappa shape index (κ1) is 29.3. The molecule has 1 aromatic carbocycles. The first-order chi connectivity index (χ1) is 19.0. The van der Waals surface area contributed by atoms with Crippen molar-refractivity contribution >= 4 is 28.8 Å². The third-order valence-electron chi connectivity index (χ3n) is 7.77. The molecular weight excluding hydrogens is 510 g/mol. The van der Waals surface area contributed by atoms with Gasteiger partial charge < -0.3 is 25.1 Å². The second kappa shape index (κ2) is 12.2. The van der Waals surface area contributed by atoms with Crippen LogP contribution in [0.5, 0.6) is 0 Å². The Bertz CT molecular complexity index is 1380. The number of nitrogens with two attached hydrogens (primary N) is 1. The minimum atomic E-state index is -1.24. The number of carbonyl (C=O) groups excluding carboxylic acids is 2. The van der Waals surface area contributed by atoms with Crippen LogP contribution in [0.4, 0.5) is 4.79 Å². The van der Waals surface area contributed by atoms with E-state index in [-0.39, 0.29) is 35.7 Å². The van der Waals surface area contributed by atoms with Crippen molar-refractivity contribution in [3.05, 3.63) is 53.4 Å². The fourth-order valence-electron chi connectivity index (χ4n) is 5.84. The van der Waals surface area contributed by atoms with Crippen molar-refractivity contribution in [1.82, 2.24) is 19.8 Å². The van der Waals surface area contributed by atoms with Gasteiger partial charge in [0.1, 0.15) is 11.8 Å². The molecule has 2 heterocycles. The molecule has 1 fully saturated rings. The molecule has 1 aliphatic carbocycles. The molecule has 2 unspecified atom stereocenters. The first-order valence-electron chi connectivity index (χ1n) is 14.1. The number of imide groups is 1. The Hall–Kier alpha value is -3.66. The molecule has 4 atom stereocenters. The van der Waals surface area contributed by atoms with Crippen molar-refractivity contribution in [2.75, 3.05) is 0 Å². The van der Waals surface area contributed by atoms with Crippen LogP contribution in [0.25, 0.3) is 10.9 Å². The van der Waals surface area contributed by atoms with Crippen molar-refractivity contribution in [1.29, 1.82) is 0 Å². The molecule has 4 rings (SSSR count). The number of nitrogens with one attached hydrogen (secondary N) is 1. The minimum absolute atomic E-state index is 0.0138. The van der Waals surface area contributed by atoms with Crippen molar-refractivity contribution in [3.8, 4) is 0 Å². The number of rotatable bonds is 9. The summed E-state index contributed by atoms with van der Waals surface area (Å²) < 4.78 is 7.84. The molecule has 0 spiro atoms. The number of aromatic carboxylic acids is 1. The summed E-state index contributed by atoms with van der Waals surface area (Å²) in [4.78, 5) is 45.2. The Morgan fingerprint density at radius 3 is 2.62 bits per heavy atom. The number of carboxylic acids is 1. The second-order valence-electron chi connectivity index (χ2n) is 11.6. The summed E-state index contributed by atoms with van der Waals surface area (Å²) in [5.74, 6) is -1.11. The molecule has 216 valence electrons. The van der Waals surface area contributed by atoms with Gasteiger partial charge in [-0.1, -0.05) is 51.8 Å². The Morgan fingerprint density at radius 2 is 1.98 bits per heavy atom. The number of oxazole rings is 1. The van der Waals surface area contributed by atoms with Crippen LogP contribution < -0.4 is 11.1 Å². The number of hydrogen-bond acceptors (Lipinski definition) is 6. The van der Waals surface area contributed by atoms with E-state index in [0.717, 1.165) is 47.0 Å². The van der Waals surface area contributed by atoms with Crippen LogP contribution in [0, 0.1) is 18.8 Å². The van der Waals surface area contributed by atoms with E-state index in [1.807, 2.05) is 55.9 Å². The van der Waals surface area contributed by atoms with Crippen LogP contribution in [-0.2, 0) is 18.3 Å².